The van der Waals surface area contributed by atoms with Gasteiger partial charge in [0.25, 0.3) is 0 Å². The molecule has 0 N–H and O–H groups in total. The van der Waals surface area contributed by atoms with Gasteiger partial charge >= 0.3 is 0 Å². The van der Waals surface area contributed by atoms with Crippen LogP contribution in [0.1, 0.15) is 44.7 Å². The molecule has 0 saturated heterocycles. The molecular formula is C14H22N2S. The van der Waals surface area contributed by atoms with Gasteiger partial charge < -0.3 is 4.90 Å². The summed E-state index contributed by atoms with van der Waals surface area (Å²) < 4.78 is 0. The van der Waals surface area contributed by atoms with Gasteiger partial charge in [0.15, 0.2) is 5.13 Å². The first-order valence-electron chi connectivity index (χ1n) is 6.98. The van der Waals surface area contributed by atoms with E-state index in [0.29, 0.717) is 0 Å². The van der Waals surface area contributed by atoms with E-state index in [-0.39, 0.29) is 0 Å². The number of aromatic nitrogens is 1. The fourth-order valence-corrected chi connectivity index (χ4v) is 3.73. The lowest BCUT2D eigenvalue weighted by Gasteiger charge is -2.31. The zero-order chi connectivity index (χ0) is 11.8. The topological polar surface area (TPSA) is 16.1 Å². The molecule has 3 rings (SSSR count). The first-order valence-corrected chi connectivity index (χ1v) is 7.86. The van der Waals surface area contributed by atoms with Gasteiger partial charge in [-0.25, -0.2) is 4.98 Å². The van der Waals surface area contributed by atoms with E-state index in [2.05, 4.69) is 24.1 Å². The third kappa shape index (κ3) is 2.49. The molecule has 1 aromatic rings. The SMILES string of the molecule is CCCN(c1nc(C)cs1)C(C1CC1)C1CC1. The molecule has 1 aromatic heterocycles. The largest absolute Gasteiger partial charge is 0.345 e. The zero-order valence-electron chi connectivity index (χ0n) is 10.9. The molecule has 0 radical (unpaired) electrons. The fraction of sp³-hybridized carbons (Fsp3) is 0.786. The van der Waals surface area contributed by atoms with E-state index in [1.165, 1.54) is 49.5 Å². The Balaban J connectivity index is 1.81. The van der Waals surface area contributed by atoms with Crippen molar-refractivity contribution in [3.8, 4) is 0 Å². The average molecular weight is 250 g/mol. The monoisotopic (exact) mass is 250 g/mol. The summed E-state index contributed by atoms with van der Waals surface area (Å²) in [6.45, 7) is 5.57. The highest BCUT2D eigenvalue weighted by atomic mass is 32.1. The Morgan fingerprint density at radius 1 is 1.35 bits per heavy atom. The van der Waals surface area contributed by atoms with E-state index in [4.69, 9.17) is 4.98 Å². The van der Waals surface area contributed by atoms with Crippen molar-refractivity contribution in [3.05, 3.63) is 11.1 Å². The van der Waals surface area contributed by atoms with Gasteiger partial charge in [-0.2, -0.15) is 0 Å². The Bertz CT molecular complexity index is 367. The lowest BCUT2D eigenvalue weighted by atomic mass is 10.1. The van der Waals surface area contributed by atoms with Crippen LogP contribution in [0.4, 0.5) is 5.13 Å². The van der Waals surface area contributed by atoms with Gasteiger partial charge in [-0.15, -0.1) is 11.3 Å². The standard InChI is InChI=1S/C14H22N2S/c1-3-8-16(14-15-10(2)9-17-14)13(11-4-5-11)12-6-7-12/h9,11-13H,3-8H2,1-2H3. The molecule has 0 atom stereocenters. The van der Waals surface area contributed by atoms with Crippen LogP contribution in [0.5, 0.6) is 0 Å². The molecule has 17 heavy (non-hydrogen) atoms. The van der Waals surface area contributed by atoms with Crippen molar-refractivity contribution in [1.29, 1.82) is 0 Å². The van der Waals surface area contributed by atoms with Crippen molar-refractivity contribution < 1.29 is 0 Å². The predicted octanol–water partition coefficient (Wildman–Crippen LogP) is 3.86. The van der Waals surface area contributed by atoms with Crippen molar-refractivity contribution in [1.82, 2.24) is 4.98 Å². The van der Waals surface area contributed by atoms with Crippen LogP contribution in [0.2, 0.25) is 0 Å². The molecule has 0 amide bonds. The van der Waals surface area contributed by atoms with Gasteiger partial charge in [0.2, 0.25) is 0 Å². The number of anilines is 1. The fourth-order valence-electron chi connectivity index (χ4n) is 2.86. The van der Waals surface area contributed by atoms with Crippen molar-refractivity contribution in [2.75, 3.05) is 11.4 Å². The maximum Gasteiger partial charge on any atom is 0.185 e. The number of thiazole rings is 1. The Kier molecular flexibility index (Phi) is 3.12. The third-order valence-electron chi connectivity index (χ3n) is 3.89. The number of hydrogen-bond acceptors (Lipinski definition) is 3. The lowest BCUT2D eigenvalue weighted by molar-refractivity contribution is 0.476. The second-order valence-electron chi connectivity index (χ2n) is 5.63. The molecule has 2 fully saturated rings. The van der Waals surface area contributed by atoms with Gasteiger partial charge in [-0.3, -0.25) is 0 Å². The minimum Gasteiger partial charge on any atom is -0.345 e. The van der Waals surface area contributed by atoms with Crippen molar-refractivity contribution >= 4 is 16.5 Å². The van der Waals surface area contributed by atoms with Gasteiger partial charge in [-0.05, 0) is 50.9 Å². The van der Waals surface area contributed by atoms with Crippen LogP contribution in [0.25, 0.3) is 0 Å². The molecule has 0 unspecified atom stereocenters. The van der Waals surface area contributed by atoms with Gasteiger partial charge in [0.1, 0.15) is 0 Å². The van der Waals surface area contributed by atoms with Crippen LogP contribution in [0, 0.1) is 18.8 Å². The number of rotatable bonds is 6. The van der Waals surface area contributed by atoms with Crippen molar-refractivity contribution in [3.63, 3.8) is 0 Å². The van der Waals surface area contributed by atoms with Gasteiger partial charge in [0, 0.05) is 18.0 Å². The highest BCUT2D eigenvalue weighted by Gasteiger charge is 2.45. The van der Waals surface area contributed by atoms with E-state index in [0.717, 1.165) is 17.9 Å². The second kappa shape index (κ2) is 4.60. The van der Waals surface area contributed by atoms with E-state index < -0.39 is 0 Å². The normalized spacial score (nSPS) is 19.9. The summed E-state index contributed by atoms with van der Waals surface area (Å²) in [6, 6.07) is 0.806. The molecule has 0 aliphatic heterocycles. The van der Waals surface area contributed by atoms with Crippen molar-refractivity contribution in [2.24, 2.45) is 11.8 Å². The smallest absolute Gasteiger partial charge is 0.185 e. The number of hydrogen-bond donors (Lipinski definition) is 0. The summed E-state index contributed by atoms with van der Waals surface area (Å²) in [4.78, 5) is 7.35. The Morgan fingerprint density at radius 2 is 2.00 bits per heavy atom. The molecule has 2 aliphatic carbocycles. The van der Waals surface area contributed by atoms with Crippen LogP contribution in [0.3, 0.4) is 0 Å². The molecule has 3 heteroatoms. The Labute approximate surface area is 108 Å². The quantitative estimate of drug-likeness (QED) is 0.762. The molecule has 2 aliphatic rings. The molecule has 0 spiro atoms. The van der Waals surface area contributed by atoms with Gasteiger partial charge in [0.05, 0.1) is 5.69 Å². The molecule has 0 aromatic carbocycles. The Hall–Kier alpha value is -0.570. The maximum atomic E-state index is 4.72. The molecule has 0 bridgehead atoms. The van der Waals surface area contributed by atoms with E-state index in [1.807, 2.05) is 11.3 Å². The molecule has 2 saturated carbocycles. The summed E-state index contributed by atoms with van der Waals surface area (Å²) in [5.74, 6) is 1.94. The minimum absolute atomic E-state index is 0.806. The second-order valence-corrected chi connectivity index (χ2v) is 6.47. The van der Waals surface area contributed by atoms with Crippen LogP contribution in [-0.4, -0.2) is 17.6 Å². The first kappa shape index (κ1) is 11.5. The summed E-state index contributed by atoms with van der Waals surface area (Å²) in [5, 5.41) is 3.46. The number of aryl methyl sites for hydroxylation is 1. The third-order valence-corrected chi connectivity index (χ3v) is 4.88. The minimum atomic E-state index is 0.806. The summed E-state index contributed by atoms with van der Waals surface area (Å²) in [6.07, 6.45) is 7.03. The highest BCUT2D eigenvalue weighted by Crippen LogP contribution is 2.48. The van der Waals surface area contributed by atoms with E-state index in [1.54, 1.807) is 0 Å². The molecule has 1 heterocycles. The summed E-state index contributed by atoms with van der Waals surface area (Å²) in [7, 11) is 0. The zero-order valence-corrected chi connectivity index (χ0v) is 11.7. The van der Waals surface area contributed by atoms with E-state index in [9.17, 15) is 0 Å². The highest BCUT2D eigenvalue weighted by molar-refractivity contribution is 7.13. The first-order chi connectivity index (χ1) is 8.29. The molecular weight excluding hydrogens is 228 g/mol. The van der Waals surface area contributed by atoms with Gasteiger partial charge in [-0.1, -0.05) is 6.92 Å². The lowest BCUT2D eigenvalue weighted by Crippen LogP contribution is -2.39. The van der Waals surface area contributed by atoms with Crippen LogP contribution >= 0.6 is 11.3 Å². The molecule has 2 nitrogen and oxygen atoms in total. The summed E-state index contributed by atoms with van der Waals surface area (Å²) >= 11 is 1.83. The van der Waals surface area contributed by atoms with Crippen LogP contribution in [-0.2, 0) is 0 Å². The van der Waals surface area contributed by atoms with E-state index >= 15 is 0 Å². The number of nitrogens with zero attached hydrogens (tertiary/aromatic N) is 2. The van der Waals surface area contributed by atoms with Crippen molar-refractivity contribution in [2.45, 2.75) is 52.0 Å². The predicted molar refractivity (Wildman–Crippen MR) is 73.7 cm³/mol. The Morgan fingerprint density at radius 3 is 2.41 bits per heavy atom. The molecule has 94 valence electrons. The maximum absolute atomic E-state index is 4.72. The summed E-state index contributed by atoms with van der Waals surface area (Å²) in [5.41, 5.74) is 1.18. The van der Waals surface area contributed by atoms with Crippen LogP contribution < -0.4 is 4.90 Å². The van der Waals surface area contributed by atoms with Crippen LogP contribution in [0.15, 0.2) is 5.38 Å². The average Bonchev–Trinajstić information content (AvgIpc) is 3.20.